The van der Waals surface area contributed by atoms with E-state index < -0.39 is 0 Å². The highest BCUT2D eigenvalue weighted by atomic mass is 32.2. The van der Waals surface area contributed by atoms with Gasteiger partial charge in [-0.2, -0.15) is 0 Å². The number of nitrogens with zero attached hydrogens (tertiary/aromatic N) is 3. The molecule has 33 heavy (non-hydrogen) atoms. The molecule has 4 aromatic rings. The number of hydrogen-bond acceptors (Lipinski definition) is 6. The third kappa shape index (κ3) is 5.09. The molecular formula is C26H25N3O3S. The molecule has 0 spiro atoms. The zero-order valence-corrected chi connectivity index (χ0v) is 19.5. The van der Waals surface area contributed by atoms with Crippen LogP contribution in [-0.2, 0) is 13.2 Å². The molecule has 0 aliphatic heterocycles. The number of aryl methyl sites for hydroxylation is 1. The summed E-state index contributed by atoms with van der Waals surface area (Å²) in [4.78, 5) is 12.6. The van der Waals surface area contributed by atoms with Crippen molar-refractivity contribution in [1.82, 2.24) is 14.8 Å². The molecule has 7 heteroatoms. The van der Waals surface area contributed by atoms with E-state index >= 15 is 0 Å². The summed E-state index contributed by atoms with van der Waals surface area (Å²) < 4.78 is 13.2. The minimum atomic E-state index is 0.0143. The molecule has 0 unspecified atom stereocenters. The summed E-state index contributed by atoms with van der Waals surface area (Å²) in [5.41, 5.74) is 1.72. The van der Waals surface area contributed by atoms with Gasteiger partial charge in [0, 0.05) is 12.1 Å². The van der Waals surface area contributed by atoms with E-state index in [9.17, 15) is 4.79 Å². The van der Waals surface area contributed by atoms with Crippen molar-refractivity contribution in [2.24, 2.45) is 0 Å². The number of ketones is 1. The van der Waals surface area contributed by atoms with E-state index in [1.165, 1.54) is 17.1 Å². The normalized spacial score (nSPS) is 10.8. The van der Waals surface area contributed by atoms with Gasteiger partial charge in [0.25, 0.3) is 0 Å². The number of Topliss-reactive ketones (excluding diaryl/α,β-unsaturated/α-hetero) is 1. The van der Waals surface area contributed by atoms with Crippen molar-refractivity contribution in [3.05, 3.63) is 90.3 Å². The summed E-state index contributed by atoms with van der Waals surface area (Å²) in [6.07, 6.45) is 1.78. The summed E-state index contributed by atoms with van der Waals surface area (Å²) in [6, 6.07) is 19.4. The predicted molar refractivity (Wildman–Crippen MR) is 131 cm³/mol. The van der Waals surface area contributed by atoms with Gasteiger partial charge in [-0.05, 0) is 53.6 Å². The minimum absolute atomic E-state index is 0.0143. The zero-order valence-electron chi connectivity index (χ0n) is 18.7. The average molecular weight is 460 g/mol. The number of hydrogen-bond donors (Lipinski definition) is 0. The zero-order chi connectivity index (χ0) is 23.2. The van der Waals surface area contributed by atoms with Crippen molar-refractivity contribution >= 4 is 28.3 Å². The van der Waals surface area contributed by atoms with Crippen LogP contribution in [0.3, 0.4) is 0 Å². The third-order valence-corrected chi connectivity index (χ3v) is 6.32. The van der Waals surface area contributed by atoms with E-state index in [1.807, 2.05) is 22.8 Å². The molecule has 168 valence electrons. The molecule has 0 bridgehead atoms. The Morgan fingerprint density at radius 2 is 1.88 bits per heavy atom. The second-order valence-corrected chi connectivity index (χ2v) is 8.38. The Bertz CT molecular complexity index is 1280. The van der Waals surface area contributed by atoms with Gasteiger partial charge in [0.1, 0.15) is 18.1 Å². The first kappa shape index (κ1) is 22.6. The molecule has 0 aliphatic rings. The van der Waals surface area contributed by atoms with Gasteiger partial charge in [-0.3, -0.25) is 9.36 Å². The number of methoxy groups -OCH3 is 1. The number of ether oxygens (including phenoxy) is 2. The van der Waals surface area contributed by atoms with Crippen molar-refractivity contribution in [1.29, 1.82) is 0 Å². The molecule has 4 rings (SSSR count). The van der Waals surface area contributed by atoms with Crippen LogP contribution in [0.25, 0.3) is 10.8 Å². The first-order valence-electron chi connectivity index (χ1n) is 10.5. The lowest BCUT2D eigenvalue weighted by molar-refractivity contribution is 0.102. The van der Waals surface area contributed by atoms with Crippen molar-refractivity contribution in [3.63, 3.8) is 0 Å². The SMILES string of the molecule is C=CCn1c(COc2ccc3ccccc3c2C)nnc1SCC(=O)c1ccc(OC)cc1. The topological polar surface area (TPSA) is 66.2 Å². The van der Waals surface area contributed by atoms with Gasteiger partial charge in [0.15, 0.2) is 16.8 Å². The van der Waals surface area contributed by atoms with Crippen LogP contribution in [-0.4, -0.2) is 33.4 Å². The number of fused-ring (bicyclic) bond motifs is 1. The van der Waals surface area contributed by atoms with Gasteiger partial charge < -0.3 is 9.47 Å². The molecule has 0 saturated carbocycles. The molecule has 0 saturated heterocycles. The second kappa shape index (κ2) is 10.4. The monoisotopic (exact) mass is 459 g/mol. The van der Waals surface area contributed by atoms with E-state index in [1.54, 1.807) is 37.5 Å². The maximum absolute atomic E-state index is 12.6. The van der Waals surface area contributed by atoms with Gasteiger partial charge >= 0.3 is 0 Å². The maximum atomic E-state index is 12.6. The Labute approximate surface area is 197 Å². The predicted octanol–water partition coefficient (Wildman–Crippen LogP) is 5.49. The Morgan fingerprint density at radius 3 is 2.64 bits per heavy atom. The third-order valence-electron chi connectivity index (χ3n) is 5.35. The largest absolute Gasteiger partial charge is 0.497 e. The van der Waals surface area contributed by atoms with Crippen molar-refractivity contribution in [3.8, 4) is 11.5 Å². The van der Waals surface area contributed by atoms with Gasteiger partial charge in [-0.15, -0.1) is 16.8 Å². The molecule has 0 N–H and O–H groups in total. The van der Waals surface area contributed by atoms with E-state index in [4.69, 9.17) is 9.47 Å². The fourth-order valence-electron chi connectivity index (χ4n) is 3.54. The number of carbonyl (C=O) groups is 1. The second-order valence-electron chi connectivity index (χ2n) is 7.44. The van der Waals surface area contributed by atoms with Crippen molar-refractivity contribution in [2.45, 2.75) is 25.2 Å². The molecule has 3 aromatic carbocycles. The number of allylic oxidation sites excluding steroid dienone is 1. The van der Waals surface area contributed by atoms with Crippen LogP contribution < -0.4 is 9.47 Å². The molecular weight excluding hydrogens is 434 g/mol. The fourth-order valence-corrected chi connectivity index (χ4v) is 4.40. The number of carbonyl (C=O) groups excluding carboxylic acids is 1. The molecule has 0 amide bonds. The van der Waals surface area contributed by atoms with Crippen LogP contribution in [0.4, 0.5) is 0 Å². The first-order chi connectivity index (χ1) is 16.1. The minimum Gasteiger partial charge on any atom is -0.497 e. The van der Waals surface area contributed by atoms with Gasteiger partial charge in [0.05, 0.1) is 12.9 Å². The van der Waals surface area contributed by atoms with E-state index in [0.717, 1.165) is 22.4 Å². The molecule has 0 aliphatic carbocycles. The van der Waals surface area contributed by atoms with E-state index in [2.05, 4.69) is 41.9 Å². The first-order valence-corrected chi connectivity index (χ1v) is 11.5. The number of aromatic nitrogens is 3. The highest BCUT2D eigenvalue weighted by molar-refractivity contribution is 7.99. The van der Waals surface area contributed by atoms with E-state index in [0.29, 0.717) is 23.1 Å². The lowest BCUT2D eigenvalue weighted by Gasteiger charge is -2.12. The van der Waals surface area contributed by atoms with Crippen molar-refractivity contribution in [2.75, 3.05) is 12.9 Å². The van der Waals surface area contributed by atoms with Crippen LogP contribution in [0.2, 0.25) is 0 Å². The summed E-state index contributed by atoms with van der Waals surface area (Å²) >= 11 is 1.35. The fraction of sp³-hybridized carbons (Fsp3) is 0.192. The smallest absolute Gasteiger partial charge is 0.192 e. The molecule has 6 nitrogen and oxygen atoms in total. The van der Waals surface area contributed by atoms with Crippen LogP contribution in [0.5, 0.6) is 11.5 Å². The van der Waals surface area contributed by atoms with Gasteiger partial charge in [-0.1, -0.05) is 48.2 Å². The Kier molecular flexibility index (Phi) is 7.10. The Morgan fingerprint density at radius 1 is 1.09 bits per heavy atom. The molecule has 1 aromatic heterocycles. The number of rotatable bonds is 10. The average Bonchev–Trinajstić information content (AvgIpc) is 3.24. The Hall–Kier alpha value is -3.58. The molecule has 1 heterocycles. The van der Waals surface area contributed by atoms with E-state index in [-0.39, 0.29) is 18.1 Å². The summed E-state index contributed by atoms with van der Waals surface area (Å²) in [7, 11) is 1.60. The number of thioether (sulfide) groups is 1. The van der Waals surface area contributed by atoms with Crippen LogP contribution >= 0.6 is 11.8 Å². The number of benzene rings is 3. The summed E-state index contributed by atoms with van der Waals surface area (Å²) in [5.74, 6) is 2.48. The molecule has 0 fully saturated rings. The highest BCUT2D eigenvalue weighted by Crippen LogP contribution is 2.28. The Balaban J connectivity index is 1.45. The van der Waals surface area contributed by atoms with Gasteiger partial charge in [-0.25, -0.2) is 0 Å². The molecule has 0 radical (unpaired) electrons. The summed E-state index contributed by atoms with van der Waals surface area (Å²) in [5, 5.41) is 11.6. The lowest BCUT2D eigenvalue weighted by atomic mass is 10.0. The standard InChI is InChI=1S/C26H25N3O3S/c1-4-15-29-25(16-32-24-14-11-19-7-5-6-8-22(19)18(24)2)27-28-26(29)33-17-23(30)20-9-12-21(31-3)13-10-20/h4-14H,1,15-17H2,2-3H3. The summed E-state index contributed by atoms with van der Waals surface area (Å²) in [6.45, 7) is 6.69. The quantitative estimate of drug-likeness (QED) is 0.178. The molecule has 0 atom stereocenters. The highest BCUT2D eigenvalue weighted by Gasteiger charge is 2.16. The lowest BCUT2D eigenvalue weighted by Crippen LogP contribution is -2.09. The van der Waals surface area contributed by atoms with Crippen molar-refractivity contribution < 1.29 is 14.3 Å². The van der Waals surface area contributed by atoms with Crippen LogP contribution in [0, 0.1) is 6.92 Å². The van der Waals surface area contributed by atoms with Crippen LogP contribution in [0.1, 0.15) is 21.7 Å². The van der Waals surface area contributed by atoms with Gasteiger partial charge in [0.2, 0.25) is 0 Å². The van der Waals surface area contributed by atoms with Crippen LogP contribution in [0.15, 0.2) is 78.5 Å². The maximum Gasteiger partial charge on any atom is 0.192 e.